The molecule has 2 fully saturated rings. The lowest BCUT2D eigenvalue weighted by atomic mass is 10.1. The second kappa shape index (κ2) is 5.18. The van der Waals surface area contributed by atoms with Gasteiger partial charge in [0.1, 0.15) is 5.00 Å². The normalized spacial score (nSPS) is 21.4. The minimum absolute atomic E-state index is 0.171. The van der Waals surface area contributed by atoms with E-state index in [2.05, 4.69) is 18.7 Å². The number of nitrogens with zero attached hydrogens (tertiary/aromatic N) is 1. The molecule has 1 aromatic heterocycles. The van der Waals surface area contributed by atoms with Gasteiger partial charge in [0.25, 0.3) is 0 Å². The van der Waals surface area contributed by atoms with Crippen LogP contribution < -0.4 is 15.4 Å². The summed E-state index contributed by atoms with van der Waals surface area (Å²) in [4.78, 5) is 15.2. The van der Waals surface area contributed by atoms with Gasteiger partial charge in [0.05, 0.1) is 29.9 Å². The van der Waals surface area contributed by atoms with Crippen LogP contribution in [0.15, 0.2) is 0 Å². The molecular weight excluding hydrogens is 288 g/mol. The Balaban J connectivity index is 1.94. The molecule has 2 aliphatic rings. The van der Waals surface area contributed by atoms with E-state index in [0.29, 0.717) is 22.9 Å². The van der Waals surface area contributed by atoms with E-state index < -0.39 is 0 Å². The molecule has 21 heavy (non-hydrogen) atoms. The molecule has 1 aliphatic heterocycles. The molecule has 2 N–H and O–H groups in total. The highest BCUT2D eigenvalue weighted by Gasteiger charge is 2.36. The van der Waals surface area contributed by atoms with Crippen LogP contribution in [0, 0.1) is 5.92 Å². The first-order chi connectivity index (χ1) is 9.93. The van der Waals surface area contributed by atoms with Crippen molar-refractivity contribution < 1.29 is 14.3 Å². The number of morpholine rings is 1. The highest BCUT2D eigenvalue weighted by atomic mass is 32.1. The molecule has 1 aliphatic carbocycles. The number of ketones is 1. The summed E-state index contributed by atoms with van der Waals surface area (Å²) >= 11 is 1.47. The van der Waals surface area contributed by atoms with Crippen molar-refractivity contribution in [3.63, 3.8) is 0 Å². The summed E-state index contributed by atoms with van der Waals surface area (Å²) in [6, 6.07) is 0. The van der Waals surface area contributed by atoms with Crippen LogP contribution in [0.4, 0.5) is 10.7 Å². The molecule has 0 aromatic carbocycles. The Morgan fingerprint density at radius 2 is 2.19 bits per heavy atom. The van der Waals surface area contributed by atoms with Crippen LogP contribution >= 0.6 is 11.3 Å². The predicted octanol–water partition coefficient (Wildman–Crippen LogP) is 2.55. The molecule has 6 heteroatoms. The van der Waals surface area contributed by atoms with Gasteiger partial charge in [-0.05, 0) is 26.7 Å². The molecule has 0 unspecified atom stereocenters. The number of methoxy groups -OCH3 is 1. The standard InChI is InChI=1S/C15H22N2O3S/c1-15(2)8-17(6-7-20-15)14-12(19-3)10(16)13(21-14)11(18)9-4-5-9/h9H,4-8,16H2,1-3H3. The summed E-state index contributed by atoms with van der Waals surface area (Å²) in [5.41, 5.74) is 6.46. The predicted molar refractivity (Wildman–Crippen MR) is 84.6 cm³/mol. The number of nitrogens with two attached hydrogens (primary N) is 1. The van der Waals surface area contributed by atoms with Crippen molar-refractivity contribution in [1.82, 2.24) is 0 Å². The molecule has 0 atom stereocenters. The first-order valence-electron chi connectivity index (χ1n) is 7.32. The van der Waals surface area contributed by atoms with Crippen LogP contribution in [0.1, 0.15) is 36.4 Å². The zero-order valence-corrected chi connectivity index (χ0v) is 13.6. The molecule has 0 radical (unpaired) electrons. The third kappa shape index (κ3) is 2.74. The van der Waals surface area contributed by atoms with Crippen molar-refractivity contribution in [3.05, 3.63) is 4.88 Å². The third-order valence-corrected chi connectivity index (χ3v) is 5.23. The summed E-state index contributed by atoms with van der Waals surface area (Å²) in [6.07, 6.45) is 1.97. The lowest BCUT2D eigenvalue weighted by Gasteiger charge is -2.38. The number of carbonyl (C=O) groups is 1. The van der Waals surface area contributed by atoms with Crippen LogP contribution in [-0.2, 0) is 4.74 Å². The number of ether oxygens (including phenoxy) is 2. The molecule has 1 aromatic rings. The molecular formula is C15H22N2O3S. The van der Waals surface area contributed by atoms with Crippen LogP contribution in [0.3, 0.4) is 0 Å². The SMILES string of the molecule is COc1c(N2CCOC(C)(C)C2)sc(C(=O)C2CC2)c1N. The number of carbonyl (C=O) groups excluding carboxylic acids is 1. The summed E-state index contributed by atoms with van der Waals surface area (Å²) in [6.45, 7) is 6.36. The minimum atomic E-state index is -0.206. The van der Waals surface area contributed by atoms with Crippen molar-refractivity contribution in [2.24, 2.45) is 5.92 Å². The Bertz CT molecular complexity index is 564. The molecule has 0 amide bonds. The van der Waals surface area contributed by atoms with Gasteiger partial charge in [0.15, 0.2) is 11.5 Å². The van der Waals surface area contributed by atoms with Gasteiger partial charge in [-0.3, -0.25) is 4.79 Å². The van der Waals surface area contributed by atoms with E-state index in [1.165, 1.54) is 11.3 Å². The van der Waals surface area contributed by atoms with E-state index in [1.807, 2.05) is 0 Å². The summed E-state index contributed by atoms with van der Waals surface area (Å²) in [5.74, 6) is 0.987. The number of hydrogen-bond donors (Lipinski definition) is 1. The van der Waals surface area contributed by atoms with E-state index in [9.17, 15) is 4.79 Å². The fourth-order valence-electron chi connectivity index (χ4n) is 2.73. The monoisotopic (exact) mass is 310 g/mol. The summed E-state index contributed by atoms with van der Waals surface area (Å²) < 4.78 is 11.2. The Morgan fingerprint density at radius 1 is 1.48 bits per heavy atom. The van der Waals surface area contributed by atoms with Crippen molar-refractivity contribution in [1.29, 1.82) is 0 Å². The van der Waals surface area contributed by atoms with Crippen LogP contribution in [-0.4, -0.2) is 38.2 Å². The molecule has 1 saturated heterocycles. The van der Waals surface area contributed by atoms with Crippen molar-refractivity contribution in [2.75, 3.05) is 37.4 Å². The lowest BCUT2D eigenvalue weighted by molar-refractivity contribution is -0.0275. The number of thiophene rings is 1. The van der Waals surface area contributed by atoms with Crippen LogP contribution in [0.5, 0.6) is 5.75 Å². The number of nitrogen functional groups attached to an aromatic ring is 1. The second-order valence-corrected chi connectivity index (χ2v) is 7.35. The quantitative estimate of drug-likeness (QED) is 0.866. The first kappa shape index (κ1) is 14.7. The zero-order chi connectivity index (χ0) is 15.2. The van der Waals surface area contributed by atoms with Crippen molar-refractivity contribution >= 4 is 27.8 Å². The molecule has 0 spiro atoms. The van der Waals surface area contributed by atoms with Gasteiger partial charge in [-0.1, -0.05) is 0 Å². The molecule has 5 nitrogen and oxygen atoms in total. The highest BCUT2D eigenvalue weighted by Crippen LogP contribution is 2.48. The van der Waals surface area contributed by atoms with Gasteiger partial charge in [0, 0.05) is 19.0 Å². The summed E-state index contributed by atoms with van der Waals surface area (Å²) in [7, 11) is 1.61. The molecule has 116 valence electrons. The number of Topliss-reactive ketones (excluding diaryl/α,β-unsaturated/α-hetero) is 1. The Morgan fingerprint density at radius 3 is 2.76 bits per heavy atom. The van der Waals surface area contributed by atoms with Gasteiger partial charge in [-0.15, -0.1) is 11.3 Å². The molecule has 0 bridgehead atoms. The van der Waals surface area contributed by atoms with Crippen LogP contribution in [0.2, 0.25) is 0 Å². The second-order valence-electron chi connectivity index (χ2n) is 6.35. The third-order valence-electron chi connectivity index (χ3n) is 3.97. The average Bonchev–Trinajstić information content (AvgIpc) is 3.21. The number of rotatable bonds is 4. The summed E-state index contributed by atoms with van der Waals surface area (Å²) in [5, 5.41) is 0.954. The molecule has 3 rings (SSSR count). The van der Waals surface area contributed by atoms with E-state index in [4.69, 9.17) is 15.2 Å². The van der Waals surface area contributed by atoms with Gasteiger partial charge in [0.2, 0.25) is 0 Å². The highest BCUT2D eigenvalue weighted by molar-refractivity contribution is 7.19. The molecule has 1 saturated carbocycles. The lowest BCUT2D eigenvalue weighted by Crippen LogP contribution is -2.48. The fraction of sp³-hybridized carbons (Fsp3) is 0.667. The first-order valence-corrected chi connectivity index (χ1v) is 8.14. The smallest absolute Gasteiger partial charge is 0.178 e. The van der Waals surface area contributed by atoms with Gasteiger partial charge >= 0.3 is 0 Å². The van der Waals surface area contributed by atoms with Crippen molar-refractivity contribution in [3.8, 4) is 5.75 Å². The Labute approximate surface area is 129 Å². The van der Waals surface area contributed by atoms with Crippen molar-refractivity contribution in [2.45, 2.75) is 32.3 Å². The maximum atomic E-state index is 12.4. The van der Waals surface area contributed by atoms with Crippen LogP contribution in [0.25, 0.3) is 0 Å². The van der Waals surface area contributed by atoms with E-state index in [-0.39, 0.29) is 17.3 Å². The fourth-order valence-corrected chi connectivity index (χ4v) is 3.96. The topological polar surface area (TPSA) is 64.8 Å². The van der Waals surface area contributed by atoms with Gasteiger partial charge in [-0.25, -0.2) is 0 Å². The van der Waals surface area contributed by atoms with E-state index in [0.717, 1.165) is 30.9 Å². The Kier molecular flexibility index (Phi) is 3.61. The average molecular weight is 310 g/mol. The zero-order valence-electron chi connectivity index (χ0n) is 12.8. The maximum absolute atomic E-state index is 12.4. The van der Waals surface area contributed by atoms with E-state index >= 15 is 0 Å². The largest absolute Gasteiger partial charge is 0.492 e. The van der Waals surface area contributed by atoms with Gasteiger partial charge < -0.3 is 20.1 Å². The Hall–Kier alpha value is -1.27. The maximum Gasteiger partial charge on any atom is 0.178 e. The van der Waals surface area contributed by atoms with E-state index in [1.54, 1.807) is 7.11 Å². The number of hydrogen-bond acceptors (Lipinski definition) is 6. The minimum Gasteiger partial charge on any atom is -0.492 e. The van der Waals surface area contributed by atoms with Gasteiger partial charge in [-0.2, -0.15) is 0 Å². The number of anilines is 2. The molecule has 2 heterocycles.